The molecular weight excluding hydrogens is 437 g/mol. The molecule has 1 aliphatic heterocycles. The Morgan fingerprint density at radius 3 is 2.30 bits per heavy atom. The van der Waals surface area contributed by atoms with Crippen LogP contribution in [0.4, 0.5) is 8.78 Å². The fourth-order valence-electron chi connectivity index (χ4n) is 4.03. The Labute approximate surface area is 205 Å². The lowest BCUT2D eigenvalue weighted by Gasteiger charge is -2.65. The average molecular weight is 453 g/mol. The number of rotatable bonds is 5. The molecule has 2 aromatic rings. The minimum absolute atomic E-state index is 0.00897. The van der Waals surface area contributed by atoms with Crippen LogP contribution in [0, 0.1) is 12.7 Å². The molecule has 1 fully saturated rings. The molecule has 0 spiro atoms. The van der Waals surface area contributed by atoms with Crippen molar-refractivity contribution in [1.29, 1.82) is 0 Å². The molecule has 1 N–H and O–H groups in total. The summed E-state index contributed by atoms with van der Waals surface area (Å²) >= 11 is 5.76. The van der Waals surface area contributed by atoms with Crippen molar-refractivity contribution in [3.63, 3.8) is 0 Å². The van der Waals surface area contributed by atoms with Gasteiger partial charge >= 0.3 is 0 Å². The quantitative estimate of drug-likeness (QED) is 0.690. The van der Waals surface area contributed by atoms with Gasteiger partial charge in [-0.25, -0.2) is 8.78 Å². The van der Waals surface area contributed by atoms with Crippen molar-refractivity contribution >= 4 is 64.6 Å². The summed E-state index contributed by atoms with van der Waals surface area (Å²) in [5, 5.41) is -4.81. The molecule has 1 aliphatic rings. The van der Waals surface area contributed by atoms with Crippen LogP contribution in [0.3, 0.4) is 0 Å². The van der Waals surface area contributed by atoms with E-state index in [1.165, 1.54) is 6.07 Å². The Balaban J connectivity index is 1.87. The summed E-state index contributed by atoms with van der Waals surface area (Å²) in [7, 11) is 36.7. The van der Waals surface area contributed by atoms with E-state index in [0.717, 1.165) is 22.6 Å². The summed E-state index contributed by atoms with van der Waals surface area (Å²) in [6.07, 6.45) is 1.62. The van der Waals surface area contributed by atoms with Crippen molar-refractivity contribution < 1.29 is 13.6 Å². The SMILES string of the molecule is [B]C1([B])CN(C(=O)c2ccc(F)c(Cl)c2)CC([B])([B])C1(F)C([B])([B])NCc1ccc(C)cn1. The van der Waals surface area contributed by atoms with E-state index < -0.39 is 46.2 Å². The van der Waals surface area contributed by atoms with Crippen LogP contribution in [0.1, 0.15) is 21.6 Å². The number of piperidine rings is 1. The van der Waals surface area contributed by atoms with Crippen molar-refractivity contribution in [2.75, 3.05) is 13.1 Å². The molecule has 0 aliphatic carbocycles. The molecule has 156 valence electrons. The highest BCUT2D eigenvalue weighted by Crippen LogP contribution is 2.58. The molecule has 4 nitrogen and oxygen atoms in total. The number of pyridine rings is 1. The van der Waals surface area contributed by atoms with Crippen molar-refractivity contribution in [1.82, 2.24) is 15.2 Å². The lowest BCUT2D eigenvalue weighted by atomic mass is 9.24. The third kappa shape index (κ3) is 4.66. The van der Waals surface area contributed by atoms with Crippen LogP contribution in [0.2, 0.25) is 15.5 Å². The molecule has 0 unspecified atom stereocenters. The highest BCUT2D eigenvalue weighted by molar-refractivity contribution is 6.51. The first-order valence-electron chi connectivity index (χ1n) is 9.94. The second-order valence-corrected chi connectivity index (χ2v) is 8.99. The number of hydrogen-bond acceptors (Lipinski definition) is 3. The Hall–Kier alpha value is -1.66. The maximum Gasteiger partial charge on any atom is 0.253 e. The Kier molecular flexibility index (Phi) is 6.96. The number of nitrogens with one attached hydrogen (secondary N) is 1. The number of aryl methyl sites for hydroxylation is 1. The maximum absolute atomic E-state index is 16.6. The first-order valence-corrected chi connectivity index (χ1v) is 10.3. The molecule has 1 amide bonds. The summed E-state index contributed by atoms with van der Waals surface area (Å²) in [5.74, 6) is -1.39. The molecule has 1 saturated heterocycles. The molecule has 3 rings (SSSR count). The number of hydrogen-bond donors (Lipinski definition) is 1. The van der Waals surface area contributed by atoms with E-state index in [-0.39, 0.29) is 17.1 Å². The van der Waals surface area contributed by atoms with Gasteiger partial charge in [0.15, 0.2) is 0 Å². The Bertz CT molecular complexity index is 1040. The van der Waals surface area contributed by atoms with E-state index >= 15 is 4.39 Å². The standard InChI is InChI=1S/C20H16B6ClF2N3O/c1-11-2-4-13(30-7-11)8-31-20(25,26)19(29)17(21,22)9-32(10-18(19,23)24)16(33)12-3-5-15(28)14(27)6-12/h2-7,31H,8-10H2,1H3. The highest BCUT2D eigenvalue weighted by Gasteiger charge is 2.64. The van der Waals surface area contributed by atoms with Crippen molar-refractivity contribution in [3.05, 3.63) is 64.2 Å². The maximum atomic E-state index is 16.6. The molecule has 33 heavy (non-hydrogen) atoms. The van der Waals surface area contributed by atoms with Gasteiger partial charge in [-0.1, -0.05) is 17.7 Å². The average Bonchev–Trinajstić information content (AvgIpc) is 2.72. The Morgan fingerprint density at radius 2 is 1.79 bits per heavy atom. The molecule has 1 aromatic carbocycles. The lowest BCUT2D eigenvalue weighted by molar-refractivity contribution is 0.00681. The Morgan fingerprint density at radius 1 is 1.18 bits per heavy atom. The second kappa shape index (κ2) is 8.84. The fourth-order valence-corrected chi connectivity index (χ4v) is 4.21. The summed E-state index contributed by atoms with van der Waals surface area (Å²) in [4.78, 5) is 18.2. The van der Waals surface area contributed by atoms with Gasteiger partial charge in [-0.2, -0.15) is 0 Å². The van der Waals surface area contributed by atoms with E-state index in [4.69, 9.17) is 58.7 Å². The summed E-state index contributed by atoms with van der Waals surface area (Å²) < 4.78 is 30.1. The molecule has 1 aromatic heterocycles. The van der Waals surface area contributed by atoms with Gasteiger partial charge in [-0.05, 0) is 52.5 Å². The third-order valence-corrected chi connectivity index (χ3v) is 6.04. The topological polar surface area (TPSA) is 45.2 Å². The van der Waals surface area contributed by atoms with Gasteiger partial charge in [0.2, 0.25) is 0 Å². The van der Waals surface area contributed by atoms with Crippen LogP contribution in [-0.2, 0) is 6.54 Å². The number of nitrogens with zero attached hydrogens (tertiary/aromatic N) is 2. The first-order chi connectivity index (χ1) is 15.1. The van der Waals surface area contributed by atoms with Gasteiger partial charge in [0.05, 0.1) is 63.5 Å². The van der Waals surface area contributed by atoms with Gasteiger partial charge in [0, 0.05) is 31.4 Å². The number of likely N-dealkylation sites (tertiary alicyclic amines) is 1. The number of carbonyl (C=O) groups is 1. The van der Waals surface area contributed by atoms with E-state index in [2.05, 4.69) is 10.3 Å². The van der Waals surface area contributed by atoms with Gasteiger partial charge < -0.3 is 10.2 Å². The molecule has 0 atom stereocenters. The van der Waals surface area contributed by atoms with Crippen LogP contribution in [0.25, 0.3) is 0 Å². The lowest BCUT2D eigenvalue weighted by Crippen LogP contribution is -2.77. The predicted octanol–water partition coefficient (Wildman–Crippen LogP) is 1.03. The van der Waals surface area contributed by atoms with E-state index in [9.17, 15) is 9.18 Å². The monoisotopic (exact) mass is 453 g/mol. The largest absolute Gasteiger partial charge is 0.340 e. The number of amides is 1. The zero-order chi connectivity index (χ0) is 24.8. The van der Waals surface area contributed by atoms with Crippen LogP contribution in [-0.4, -0.2) is 87.0 Å². The summed E-state index contributed by atoms with van der Waals surface area (Å²) in [6, 6.07) is 6.85. The smallest absolute Gasteiger partial charge is 0.253 e. The molecule has 12 radical (unpaired) electrons. The molecule has 0 saturated carbocycles. The first kappa shape index (κ1) is 26.0. The summed E-state index contributed by atoms with van der Waals surface area (Å²) in [5.41, 5.74) is -1.55. The number of aromatic nitrogens is 1. The van der Waals surface area contributed by atoms with Crippen molar-refractivity contribution in [2.45, 2.75) is 34.9 Å². The van der Waals surface area contributed by atoms with E-state index in [1.54, 1.807) is 12.3 Å². The summed E-state index contributed by atoms with van der Waals surface area (Å²) in [6.45, 7) is 0.726. The minimum Gasteiger partial charge on any atom is -0.340 e. The molecular formula is C20H16B6ClF2N3O. The van der Waals surface area contributed by atoms with Crippen LogP contribution in [0.15, 0.2) is 36.5 Å². The number of halogens is 3. The zero-order valence-electron chi connectivity index (χ0n) is 18.0. The molecule has 0 bridgehead atoms. The van der Waals surface area contributed by atoms with Gasteiger partial charge in [-0.3, -0.25) is 9.78 Å². The molecule has 13 heteroatoms. The van der Waals surface area contributed by atoms with E-state index in [0.29, 0.717) is 5.69 Å². The number of alkyl halides is 1. The second-order valence-electron chi connectivity index (χ2n) is 8.58. The van der Waals surface area contributed by atoms with Crippen molar-refractivity contribution in [2.24, 2.45) is 0 Å². The van der Waals surface area contributed by atoms with Crippen LogP contribution < -0.4 is 5.32 Å². The van der Waals surface area contributed by atoms with Crippen LogP contribution >= 0.6 is 11.6 Å². The fraction of sp³-hybridized carbons (Fsp3) is 0.400. The number of carbonyl (C=O) groups excluding carboxylic acids is 1. The van der Waals surface area contributed by atoms with Crippen LogP contribution in [0.5, 0.6) is 0 Å². The predicted molar refractivity (Wildman–Crippen MR) is 130 cm³/mol. The third-order valence-electron chi connectivity index (χ3n) is 5.75. The van der Waals surface area contributed by atoms with Gasteiger partial charge in [0.1, 0.15) is 5.82 Å². The normalized spacial score (nSPS) is 19.2. The minimum atomic E-state index is -3.01. The van der Waals surface area contributed by atoms with Crippen molar-refractivity contribution in [3.8, 4) is 0 Å². The molecule has 2 heterocycles. The number of benzene rings is 1. The van der Waals surface area contributed by atoms with Gasteiger partial charge in [0.25, 0.3) is 5.91 Å². The highest BCUT2D eigenvalue weighted by atomic mass is 35.5. The van der Waals surface area contributed by atoms with Gasteiger partial charge in [-0.15, -0.1) is 0 Å². The zero-order valence-corrected chi connectivity index (χ0v) is 18.7. The van der Waals surface area contributed by atoms with E-state index in [1.807, 2.05) is 13.0 Å².